The summed E-state index contributed by atoms with van der Waals surface area (Å²) in [5, 5.41) is 15.7. The van der Waals surface area contributed by atoms with Crippen molar-refractivity contribution in [2.75, 3.05) is 29.9 Å². The van der Waals surface area contributed by atoms with Crippen molar-refractivity contribution in [2.24, 2.45) is 0 Å². The quantitative estimate of drug-likeness (QED) is 0.447. The van der Waals surface area contributed by atoms with Crippen molar-refractivity contribution in [1.29, 1.82) is 0 Å². The van der Waals surface area contributed by atoms with Gasteiger partial charge in [0.1, 0.15) is 29.2 Å². The Kier molecular flexibility index (Phi) is 7.07. The molecule has 2 fully saturated rings. The number of halogens is 2. The third-order valence-electron chi connectivity index (χ3n) is 6.73. The number of benzene rings is 1. The number of likely N-dealkylation sites (tertiary alicyclic amines) is 1. The molecule has 3 aromatic rings. The van der Waals surface area contributed by atoms with Crippen LogP contribution in [0, 0.1) is 11.6 Å². The topological polar surface area (TPSA) is 129 Å². The van der Waals surface area contributed by atoms with E-state index >= 15 is 0 Å². The van der Waals surface area contributed by atoms with Crippen LogP contribution in [0.5, 0.6) is 0 Å². The first-order valence-corrected chi connectivity index (χ1v) is 12.3. The van der Waals surface area contributed by atoms with E-state index in [2.05, 4.69) is 15.4 Å². The third kappa shape index (κ3) is 5.36. The van der Waals surface area contributed by atoms with Gasteiger partial charge in [-0.3, -0.25) is 9.59 Å². The lowest BCUT2D eigenvalue weighted by Crippen LogP contribution is -2.34. The molecule has 200 valence electrons. The molecule has 2 aliphatic rings. The molecule has 2 saturated heterocycles. The minimum absolute atomic E-state index is 0.178. The normalized spacial score (nSPS) is 19.2. The van der Waals surface area contributed by atoms with Crippen LogP contribution < -0.4 is 10.2 Å². The third-order valence-corrected chi connectivity index (χ3v) is 6.73. The number of aromatic nitrogens is 3. The van der Waals surface area contributed by atoms with E-state index in [1.165, 1.54) is 21.7 Å². The number of urea groups is 1. The van der Waals surface area contributed by atoms with Gasteiger partial charge in [-0.25, -0.2) is 23.1 Å². The van der Waals surface area contributed by atoms with Crippen molar-refractivity contribution in [1.82, 2.24) is 19.5 Å². The molecular weight excluding hydrogens is 502 g/mol. The van der Waals surface area contributed by atoms with Gasteiger partial charge < -0.3 is 25.0 Å². The lowest BCUT2D eigenvalue weighted by molar-refractivity contribution is -0.151. The van der Waals surface area contributed by atoms with Crippen LogP contribution in [0.3, 0.4) is 0 Å². The SMILES string of the molecule is O=C(O)CCC(=O)O[C@H]1CCN(C(=O)Nc2cnn3ccc(N4CCC[C@@H]4c4cc(F)ccc4F)nc23)C1. The number of amides is 2. The molecule has 2 N–H and O–H groups in total. The van der Waals surface area contributed by atoms with Crippen LogP contribution >= 0.6 is 0 Å². The van der Waals surface area contributed by atoms with Crippen molar-refractivity contribution < 1.29 is 33.0 Å². The smallest absolute Gasteiger partial charge is 0.322 e. The van der Waals surface area contributed by atoms with Crippen LogP contribution in [-0.4, -0.2) is 68.3 Å². The molecule has 2 aromatic heterocycles. The van der Waals surface area contributed by atoms with Crippen LogP contribution in [0.1, 0.15) is 43.7 Å². The van der Waals surface area contributed by atoms with Gasteiger partial charge in [-0.1, -0.05) is 0 Å². The second kappa shape index (κ2) is 10.6. The molecule has 0 unspecified atom stereocenters. The number of esters is 1. The summed E-state index contributed by atoms with van der Waals surface area (Å²) >= 11 is 0. The van der Waals surface area contributed by atoms with Gasteiger partial charge in [-0.05, 0) is 37.1 Å². The number of nitrogens with zero attached hydrogens (tertiary/aromatic N) is 5. The summed E-state index contributed by atoms with van der Waals surface area (Å²) in [5.41, 5.74) is 1.03. The number of nitrogens with one attached hydrogen (secondary N) is 1. The number of hydrogen-bond acceptors (Lipinski definition) is 7. The first-order chi connectivity index (χ1) is 18.3. The molecule has 0 aliphatic carbocycles. The Bertz CT molecular complexity index is 1380. The lowest BCUT2D eigenvalue weighted by atomic mass is 10.0. The minimum atomic E-state index is -1.08. The highest BCUT2D eigenvalue weighted by molar-refractivity contribution is 5.93. The molecule has 5 rings (SSSR count). The van der Waals surface area contributed by atoms with Gasteiger partial charge in [0.25, 0.3) is 0 Å². The lowest BCUT2D eigenvalue weighted by Gasteiger charge is -2.26. The fourth-order valence-corrected chi connectivity index (χ4v) is 4.90. The van der Waals surface area contributed by atoms with Crippen molar-refractivity contribution >= 4 is 35.1 Å². The van der Waals surface area contributed by atoms with Gasteiger partial charge >= 0.3 is 18.0 Å². The van der Waals surface area contributed by atoms with E-state index in [0.717, 1.165) is 18.6 Å². The number of rotatable bonds is 7. The maximum Gasteiger partial charge on any atom is 0.322 e. The van der Waals surface area contributed by atoms with Crippen LogP contribution in [0.25, 0.3) is 5.65 Å². The average Bonchev–Trinajstić information content (AvgIpc) is 3.64. The molecule has 4 heterocycles. The van der Waals surface area contributed by atoms with E-state index in [0.29, 0.717) is 43.1 Å². The van der Waals surface area contributed by atoms with Crippen molar-refractivity contribution in [3.8, 4) is 0 Å². The van der Waals surface area contributed by atoms with Gasteiger partial charge in [0.2, 0.25) is 0 Å². The molecule has 0 spiro atoms. The van der Waals surface area contributed by atoms with Crippen LogP contribution in [0.2, 0.25) is 0 Å². The second-order valence-corrected chi connectivity index (χ2v) is 9.30. The van der Waals surface area contributed by atoms with E-state index in [1.54, 1.807) is 12.3 Å². The number of carbonyl (C=O) groups excluding carboxylic acids is 2. The van der Waals surface area contributed by atoms with E-state index in [1.807, 2.05) is 4.90 Å². The standard InChI is InChI=1S/C25H26F2N6O5/c26-15-3-4-18(27)17(12-15)20-2-1-9-32(20)21-8-11-33-24(30-21)19(13-28-33)29-25(37)31-10-7-16(14-31)38-23(36)6-5-22(34)35/h3-4,8,11-13,16,20H,1-2,5-7,9-10,14H2,(H,29,37)(H,34,35)/t16-,20+/m0/s1. The summed E-state index contributed by atoms with van der Waals surface area (Å²) in [7, 11) is 0. The largest absolute Gasteiger partial charge is 0.481 e. The summed E-state index contributed by atoms with van der Waals surface area (Å²) in [6.45, 7) is 1.15. The average molecular weight is 529 g/mol. The molecule has 13 heteroatoms. The number of carbonyl (C=O) groups is 3. The predicted molar refractivity (Wildman–Crippen MR) is 131 cm³/mol. The Labute approximate surface area is 216 Å². The summed E-state index contributed by atoms with van der Waals surface area (Å²) < 4.78 is 35.1. The van der Waals surface area contributed by atoms with Crippen molar-refractivity contribution in [2.45, 2.75) is 44.2 Å². The summed E-state index contributed by atoms with van der Waals surface area (Å²) in [6.07, 6.45) is 3.99. The summed E-state index contributed by atoms with van der Waals surface area (Å²) in [6, 6.07) is 4.38. The number of carboxylic acid groups (broad SMARTS) is 1. The molecule has 1 aromatic carbocycles. The zero-order valence-electron chi connectivity index (χ0n) is 20.3. The number of aliphatic carboxylic acids is 1. The fourth-order valence-electron chi connectivity index (χ4n) is 4.90. The zero-order chi connectivity index (χ0) is 26.8. The van der Waals surface area contributed by atoms with Crippen LogP contribution in [0.15, 0.2) is 36.7 Å². The van der Waals surface area contributed by atoms with E-state index in [-0.39, 0.29) is 31.0 Å². The Balaban J connectivity index is 1.27. The maximum absolute atomic E-state index is 14.5. The molecule has 0 bridgehead atoms. The first-order valence-electron chi connectivity index (χ1n) is 12.3. The number of carboxylic acids is 1. The van der Waals surface area contributed by atoms with E-state index in [9.17, 15) is 23.2 Å². The molecule has 0 radical (unpaired) electrons. The predicted octanol–water partition coefficient (Wildman–Crippen LogP) is 3.36. The first kappa shape index (κ1) is 25.4. The highest BCUT2D eigenvalue weighted by Crippen LogP contribution is 2.37. The molecule has 2 aliphatic heterocycles. The van der Waals surface area contributed by atoms with Crippen molar-refractivity contribution in [3.05, 3.63) is 53.9 Å². The maximum atomic E-state index is 14.5. The van der Waals surface area contributed by atoms with Crippen LogP contribution in [-0.2, 0) is 14.3 Å². The molecule has 2 amide bonds. The van der Waals surface area contributed by atoms with Gasteiger partial charge in [0, 0.05) is 31.3 Å². The Morgan fingerprint density at radius 3 is 2.79 bits per heavy atom. The number of fused-ring (bicyclic) bond motifs is 1. The number of hydrogen-bond donors (Lipinski definition) is 2. The second-order valence-electron chi connectivity index (χ2n) is 9.30. The Morgan fingerprint density at radius 1 is 1.13 bits per heavy atom. The fraction of sp³-hybridized carbons (Fsp3) is 0.400. The Hall–Kier alpha value is -4.29. The van der Waals surface area contributed by atoms with Gasteiger partial charge in [0.05, 0.1) is 31.6 Å². The molecule has 11 nitrogen and oxygen atoms in total. The molecule has 38 heavy (non-hydrogen) atoms. The molecule has 0 saturated carbocycles. The zero-order valence-corrected chi connectivity index (χ0v) is 20.3. The van der Waals surface area contributed by atoms with Gasteiger partial charge in [-0.15, -0.1) is 0 Å². The highest BCUT2D eigenvalue weighted by Gasteiger charge is 2.31. The summed E-state index contributed by atoms with van der Waals surface area (Å²) in [5.74, 6) is -2.12. The van der Waals surface area contributed by atoms with Gasteiger partial charge in [-0.2, -0.15) is 5.10 Å². The monoisotopic (exact) mass is 528 g/mol. The van der Waals surface area contributed by atoms with E-state index < -0.39 is 35.7 Å². The summed E-state index contributed by atoms with van der Waals surface area (Å²) in [4.78, 5) is 43.4. The highest BCUT2D eigenvalue weighted by atomic mass is 19.1. The molecule has 2 atom stereocenters. The number of ether oxygens (including phenoxy) is 1. The molecular formula is C25H26F2N6O5. The van der Waals surface area contributed by atoms with E-state index in [4.69, 9.17) is 9.84 Å². The van der Waals surface area contributed by atoms with Crippen LogP contribution in [0.4, 0.5) is 25.1 Å². The van der Waals surface area contributed by atoms with Gasteiger partial charge in [0.15, 0.2) is 5.65 Å². The van der Waals surface area contributed by atoms with Crippen molar-refractivity contribution in [3.63, 3.8) is 0 Å². The number of anilines is 2. The Morgan fingerprint density at radius 2 is 1.97 bits per heavy atom. The minimum Gasteiger partial charge on any atom is -0.481 e.